The molecule has 2 rings (SSSR count). The molecule has 1 atom stereocenters. The van der Waals surface area contributed by atoms with Crippen LogP contribution in [0.25, 0.3) is 0 Å². The molecule has 0 aromatic heterocycles. The Hall–Kier alpha value is -1.36. The highest BCUT2D eigenvalue weighted by Crippen LogP contribution is 2.20. The van der Waals surface area contributed by atoms with E-state index in [1.54, 1.807) is 0 Å². The number of benzene rings is 1. The lowest BCUT2D eigenvalue weighted by Crippen LogP contribution is -2.16. The topological polar surface area (TPSA) is 58.9 Å². The van der Waals surface area contributed by atoms with Gasteiger partial charge in [-0.15, -0.1) is 0 Å². The second kappa shape index (κ2) is 6.00. The summed E-state index contributed by atoms with van der Waals surface area (Å²) in [6.45, 7) is 0.607. The molecule has 0 bridgehead atoms. The van der Waals surface area contributed by atoms with Crippen LogP contribution >= 0.6 is 15.9 Å². The molecule has 1 aliphatic rings. The number of hydrogen-bond acceptors (Lipinski definition) is 3. The molecule has 5 heteroatoms. The number of halogens is 1. The van der Waals surface area contributed by atoms with E-state index in [1.165, 1.54) is 5.56 Å². The van der Waals surface area contributed by atoms with Crippen LogP contribution in [0.5, 0.6) is 0 Å². The molecular weight excluding hydrogens is 298 g/mol. The molecule has 96 valence electrons. The summed E-state index contributed by atoms with van der Waals surface area (Å²) < 4.78 is 6.70. The number of hydrogen-bond donors (Lipinski definition) is 1. The zero-order chi connectivity index (χ0) is 13.0. The first-order chi connectivity index (χ1) is 8.65. The van der Waals surface area contributed by atoms with E-state index in [2.05, 4.69) is 20.9 Å². The van der Waals surface area contributed by atoms with Crippen LogP contribution in [0.2, 0.25) is 0 Å². The van der Waals surface area contributed by atoms with Crippen molar-refractivity contribution in [3.63, 3.8) is 0 Å². The largest absolute Gasteiger partial charge is 0.481 e. The van der Waals surface area contributed by atoms with Crippen LogP contribution in [-0.2, 0) is 16.0 Å². The first-order valence-corrected chi connectivity index (χ1v) is 6.59. The number of ether oxygens (including phenoxy) is 1. The summed E-state index contributed by atoms with van der Waals surface area (Å²) in [6.07, 6.45) is 1.25. The first kappa shape index (κ1) is 13.1. The van der Waals surface area contributed by atoms with E-state index < -0.39 is 5.97 Å². The number of rotatable bonds is 5. The van der Waals surface area contributed by atoms with E-state index in [-0.39, 0.29) is 12.5 Å². The monoisotopic (exact) mass is 311 g/mol. The summed E-state index contributed by atoms with van der Waals surface area (Å²) in [5, 5.41) is 8.59. The van der Waals surface area contributed by atoms with Crippen LogP contribution in [0, 0.1) is 0 Å². The van der Waals surface area contributed by atoms with E-state index in [0.717, 1.165) is 10.9 Å². The summed E-state index contributed by atoms with van der Waals surface area (Å²) in [5.41, 5.74) is 1.18. The smallest absolute Gasteiger partial charge is 0.303 e. The lowest BCUT2D eigenvalue weighted by molar-refractivity contribution is -0.136. The molecule has 1 unspecified atom stereocenters. The Bertz CT molecular complexity index is 473. The number of aliphatic carboxylic acids is 1. The standard InChI is InChI=1S/C13H14BrNO3/c14-11-4-2-1-3-9(11)7-10-8-15-12(18-10)5-6-13(16)17/h1-4,10H,5-8H2,(H,16,17). The summed E-state index contributed by atoms with van der Waals surface area (Å²) in [7, 11) is 0. The van der Waals surface area contributed by atoms with E-state index in [0.29, 0.717) is 18.9 Å². The number of nitrogens with zero attached hydrogens (tertiary/aromatic N) is 1. The molecule has 18 heavy (non-hydrogen) atoms. The maximum Gasteiger partial charge on any atom is 0.303 e. The quantitative estimate of drug-likeness (QED) is 0.909. The Morgan fingerprint density at radius 1 is 1.50 bits per heavy atom. The Morgan fingerprint density at radius 2 is 2.28 bits per heavy atom. The van der Waals surface area contributed by atoms with Gasteiger partial charge in [-0.05, 0) is 11.6 Å². The second-order valence-corrected chi connectivity index (χ2v) is 5.02. The van der Waals surface area contributed by atoms with Gasteiger partial charge in [-0.1, -0.05) is 34.1 Å². The molecule has 1 N–H and O–H groups in total. The molecule has 0 fully saturated rings. The van der Waals surface area contributed by atoms with E-state index in [4.69, 9.17) is 9.84 Å². The van der Waals surface area contributed by atoms with E-state index >= 15 is 0 Å². The van der Waals surface area contributed by atoms with Gasteiger partial charge in [-0.2, -0.15) is 0 Å². The van der Waals surface area contributed by atoms with Crippen molar-refractivity contribution in [1.82, 2.24) is 0 Å². The third-order valence-corrected chi connectivity index (χ3v) is 3.51. The molecule has 0 radical (unpaired) electrons. The molecule has 0 aliphatic carbocycles. The third-order valence-electron chi connectivity index (χ3n) is 2.73. The minimum Gasteiger partial charge on any atom is -0.481 e. The predicted molar refractivity (Wildman–Crippen MR) is 71.9 cm³/mol. The summed E-state index contributed by atoms with van der Waals surface area (Å²) in [6, 6.07) is 8.00. The number of aliphatic imine (C=N–C) groups is 1. The lowest BCUT2D eigenvalue weighted by Gasteiger charge is -2.12. The Morgan fingerprint density at radius 3 is 3.00 bits per heavy atom. The van der Waals surface area contributed by atoms with Crippen LogP contribution < -0.4 is 0 Å². The number of carbonyl (C=O) groups is 1. The molecule has 1 aromatic carbocycles. The van der Waals surface area contributed by atoms with Crippen molar-refractivity contribution >= 4 is 27.8 Å². The van der Waals surface area contributed by atoms with Crippen molar-refractivity contribution in [2.45, 2.75) is 25.4 Å². The molecule has 1 aliphatic heterocycles. The second-order valence-electron chi connectivity index (χ2n) is 4.16. The highest BCUT2D eigenvalue weighted by molar-refractivity contribution is 9.10. The van der Waals surface area contributed by atoms with Gasteiger partial charge in [-0.3, -0.25) is 9.79 Å². The van der Waals surface area contributed by atoms with Gasteiger partial charge in [0.1, 0.15) is 6.10 Å². The fourth-order valence-electron chi connectivity index (χ4n) is 1.84. The highest BCUT2D eigenvalue weighted by Gasteiger charge is 2.21. The Balaban J connectivity index is 1.85. The van der Waals surface area contributed by atoms with Gasteiger partial charge >= 0.3 is 5.97 Å². The van der Waals surface area contributed by atoms with Gasteiger partial charge in [0.05, 0.1) is 13.0 Å². The Labute approximate surface area is 114 Å². The van der Waals surface area contributed by atoms with Gasteiger partial charge < -0.3 is 9.84 Å². The molecule has 1 aromatic rings. The predicted octanol–water partition coefficient (Wildman–Crippen LogP) is 2.65. The van der Waals surface area contributed by atoms with Gasteiger partial charge in [-0.25, -0.2) is 0 Å². The lowest BCUT2D eigenvalue weighted by atomic mass is 10.1. The van der Waals surface area contributed by atoms with Crippen molar-refractivity contribution in [3.05, 3.63) is 34.3 Å². The van der Waals surface area contributed by atoms with Crippen molar-refractivity contribution in [3.8, 4) is 0 Å². The Kier molecular flexibility index (Phi) is 4.36. The zero-order valence-electron chi connectivity index (χ0n) is 9.80. The van der Waals surface area contributed by atoms with Gasteiger partial charge in [0, 0.05) is 17.3 Å². The van der Waals surface area contributed by atoms with Crippen molar-refractivity contribution in [2.75, 3.05) is 6.54 Å². The summed E-state index contributed by atoms with van der Waals surface area (Å²) in [4.78, 5) is 14.7. The zero-order valence-corrected chi connectivity index (χ0v) is 11.4. The summed E-state index contributed by atoms with van der Waals surface area (Å²) in [5.74, 6) is -0.259. The van der Waals surface area contributed by atoms with Crippen molar-refractivity contribution in [1.29, 1.82) is 0 Å². The molecular formula is C13H14BrNO3. The maximum absolute atomic E-state index is 10.5. The van der Waals surface area contributed by atoms with Crippen LogP contribution in [-0.4, -0.2) is 29.6 Å². The third kappa shape index (κ3) is 3.57. The number of carboxylic acids is 1. The minimum absolute atomic E-state index is 0.0208. The fraction of sp³-hybridized carbons (Fsp3) is 0.385. The van der Waals surface area contributed by atoms with Crippen molar-refractivity contribution < 1.29 is 14.6 Å². The summed E-state index contributed by atoms with van der Waals surface area (Å²) >= 11 is 3.50. The van der Waals surface area contributed by atoms with Crippen LogP contribution in [0.4, 0.5) is 0 Å². The van der Waals surface area contributed by atoms with E-state index in [9.17, 15) is 4.79 Å². The van der Waals surface area contributed by atoms with Crippen molar-refractivity contribution in [2.24, 2.45) is 4.99 Å². The van der Waals surface area contributed by atoms with E-state index in [1.807, 2.05) is 24.3 Å². The molecule has 0 amide bonds. The van der Waals surface area contributed by atoms with Crippen LogP contribution in [0.15, 0.2) is 33.7 Å². The van der Waals surface area contributed by atoms with Crippen LogP contribution in [0.1, 0.15) is 18.4 Å². The highest BCUT2D eigenvalue weighted by atomic mass is 79.9. The fourth-order valence-corrected chi connectivity index (χ4v) is 2.28. The SMILES string of the molecule is O=C(O)CCC1=NCC(Cc2ccccc2Br)O1. The van der Waals surface area contributed by atoms with Gasteiger partial charge in [0.15, 0.2) is 5.90 Å². The molecule has 1 heterocycles. The average Bonchev–Trinajstić information content (AvgIpc) is 2.77. The molecule has 4 nitrogen and oxygen atoms in total. The minimum atomic E-state index is -0.824. The van der Waals surface area contributed by atoms with Gasteiger partial charge in [0.2, 0.25) is 0 Å². The van der Waals surface area contributed by atoms with Gasteiger partial charge in [0.25, 0.3) is 0 Å². The maximum atomic E-state index is 10.5. The average molecular weight is 312 g/mol. The van der Waals surface area contributed by atoms with Crippen LogP contribution in [0.3, 0.4) is 0 Å². The molecule has 0 saturated heterocycles. The molecule has 0 spiro atoms. The number of carboxylic acid groups (broad SMARTS) is 1. The molecule has 0 saturated carbocycles. The first-order valence-electron chi connectivity index (χ1n) is 5.80. The normalized spacial score (nSPS) is 18.3.